The van der Waals surface area contributed by atoms with Gasteiger partial charge in [-0.3, -0.25) is 0 Å². The zero-order chi connectivity index (χ0) is 19.9. The van der Waals surface area contributed by atoms with Gasteiger partial charge in [0.15, 0.2) is 0 Å². The standard InChI is InChI=1S/C22H34N4/c1-9-19(5)23-13-15-25(21(7)11-3)17-18-26(22(8)12-4)16-14-24-20(6)10-2/h9-12,23-24H,1-8,13-18H2. The van der Waals surface area contributed by atoms with Gasteiger partial charge in [0.1, 0.15) is 0 Å². The highest BCUT2D eigenvalue weighted by Crippen LogP contribution is 2.07. The number of allylic oxidation sites excluding steroid dienone is 4. The van der Waals surface area contributed by atoms with E-state index >= 15 is 0 Å². The van der Waals surface area contributed by atoms with Gasteiger partial charge in [-0.15, -0.1) is 0 Å². The van der Waals surface area contributed by atoms with Gasteiger partial charge in [0, 0.05) is 62.1 Å². The topological polar surface area (TPSA) is 30.5 Å². The number of hydrogen-bond donors (Lipinski definition) is 2. The summed E-state index contributed by atoms with van der Waals surface area (Å²) in [5.74, 6) is 0. The van der Waals surface area contributed by atoms with Crippen molar-refractivity contribution in [1.82, 2.24) is 20.4 Å². The van der Waals surface area contributed by atoms with Crippen LogP contribution in [0.4, 0.5) is 0 Å². The van der Waals surface area contributed by atoms with Gasteiger partial charge in [0.05, 0.1) is 0 Å². The van der Waals surface area contributed by atoms with Crippen molar-refractivity contribution in [2.75, 3.05) is 39.3 Å². The number of nitrogens with zero attached hydrogens (tertiary/aromatic N) is 2. The van der Waals surface area contributed by atoms with Crippen molar-refractivity contribution in [3.8, 4) is 0 Å². The number of hydrogen-bond acceptors (Lipinski definition) is 4. The van der Waals surface area contributed by atoms with Crippen molar-refractivity contribution in [3.05, 3.63) is 99.7 Å². The molecule has 0 amide bonds. The fraction of sp³-hybridized carbons (Fsp3) is 0.273. The molecule has 0 aliphatic heterocycles. The first-order chi connectivity index (χ1) is 12.4. The molecular weight excluding hydrogens is 320 g/mol. The summed E-state index contributed by atoms with van der Waals surface area (Å²) in [6, 6.07) is 0. The molecule has 0 aliphatic rings. The molecule has 0 heterocycles. The van der Waals surface area contributed by atoms with Crippen molar-refractivity contribution in [3.63, 3.8) is 0 Å². The highest BCUT2D eigenvalue weighted by atomic mass is 15.2. The summed E-state index contributed by atoms with van der Waals surface area (Å²) >= 11 is 0. The van der Waals surface area contributed by atoms with Gasteiger partial charge in [-0.1, -0.05) is 52.6 Å². The smallest absolute Gasteiger partial charge is 0.0354 e. The van der Waals surface area contributed by atoms with Crippen LogP contribution in [-0.2, 0) is 0 Å². The highest BCUT2D eigenvalue weighted by molar-refractivity contribution is 5.13. The third-order valence-electron chi connectivity index (χ3n) is 3.88. The maximum atomic E-state index is 4.07. The SMILES string of the molecule is C=CC(=C)NCCN(CCN(CCNC(=C)C=C)C(=C)C=C)C(=C)C=C. The first-order valence-corrected chi connectivity index (χ1v) is 8.62. The first-order valence-electron chi connectivity index (χ1n) is 8.62. The van der Waals surface area contributed by atoms with E-state index in [9.17, 15) is 0 Å². The Morgan fingerprint density at radius 2 is 0.923 bits per heavy atom. The molecule has 0 rings (SSSR count). The second kappa shape index (κ2) is 13.4. The molecule has 26 heavy (non-hydrogen) atoms. The minimum atomic E-state index is 0.751. The third kappa shape index (κ3) is 9.42. The molecule has 4 heteroatoms. The van der Waals surface area contributed by atoms with E-state index in [1.165, 1.54) is 0 Å². The molecule has 0 aromatic carbocycles. The number of rotatable bonds is 17. The molecule has 0 bridgehead atoms. The van der Waals surface area contributed by atoms with E-state index in [4.69, 9.17) is 0 Å². The summed E-state index contributed by atoms with van der Waals surface area (Å²) in [6.45, 7) is 35.6. The predicted octanol–water partition coefficient (Wildman–Crippen LogP) is 3.57. The number of nitrogens with one attached hydrogen (secondary N) is 2. The van der Waals surface area contributed by atoms with E-state index in [1.807, 2.05) is 0 Å². The maximum absolute atomic E-state index is 4.07. The van der Waals surface area contributed by atoms with Gasteiger partial charge in [0.2, 0.25) is 0 Å². The Labute approximate surface area is 160 Å². The van der Waals surface area contributed by atoms with Crippen LogP contribution in [0.25, 0.3) is 0 Å². The highest BCUT2D eigenvalue weighted by Gasteiger charge is 2.10. The van der Waals surface area contributed by atoms with Gasteiger partial charge in [-0.2, -0.15) is 0 Å². The summed E-state index contributed by atoms with van der Waals surface area (Å²) in [5, 5.41) is 6.42. The van der Waals surface area contributed by atoms with Gasteiger partial charge in [-0.05, 0) is 24.3 Å². The van der Waals surface area contributed by atoms with Crippen molar-refractivity contribution < 1.29 is 0 Å². The molecule has 0 aromatic heterocycles. The van der Waals surface area contributed by atoms with Crippen molar-refractivity contribution in [1.29, 1.82) is 0 Å². The van der Waals surface area contributed by atoms with E-state index < -0.39 is 0 Å². The van der Waals surface area contributed by atoms with Crippen LogP contribution in [-0.4, -0.2) is 49.1 Å². The quantitative estimate of drug-likeness (QED) is 0.391. The van der Waals surface area contributed by atoms with E-state index in [-0.39, 0.29) is 0 Å². The first kappa shape index (κ1) is 23.1. The van der Waals surface area contributed by atoms with Crippen LogP contribution >= 0.6 is 0 Å². The molecule has 2 N–H and O–H groups in total. The van der Waals surface area contributed by atoms with Crippen LogP contribution < -0.4 is 10.6 Å². The minimum absolute atomic E-state index is 0.751. The third-order valence-corrected chi connectivity index (χ3v) is 3.88. The van der Waals surface area contributed by atoms with Crippen LogP contribution in [0.3, 0.4) is 0 Å². The van der Waals surface area contributed by atoms with Crippen molar-refractivity contribution in [2.45, 2.75) is 0 Å². The van der Waals surface area contributed by atoms with Crippen LogP contribution in [0.2, 0.25) is 0 Å². The molecule has 0 aromatic rings. The molecule has 142 valence electrons. The molecule has 0 unspecified atom stereocenters. The summed E-state index contributed by atoms with van der Waals surface area (Å²) < 4.78 is 0. The van der Waals surface area contributed by atoms with E-state index in [1.54, 1.807) is 24.3 Å². The lowest BCUT2D eigenvalue weighted by molar-refractivity contribution is 0.280. The Morgan fingerprint density at radius 1 is 0.577 bits per heavy atom. The molecule has 0 fully saturated rings. The second-order valence-electron chi connectivity index (χ2n) is 5.68. The summed E-state index contributed by atoms with van der Waals surface area (Å²) in [4.78, 5) is 4.35. The zero-order valence-corrected chi connectivity index (χ0v) is 16.1. The normalized spacial score (nSPS) is 9.38. The largest absolute Gasteiger partial charge is 0.384 e. The maximum Gasteiger partial charge on any atom is 0.0354 e. The lowest BCUT2D eigenvalue weighted by atomic mass is 10.3. The lowest BCUT2D eigenvalue weighted by Gasteiger charge is -2.31. The van der Waals surface area contributed by atoms with Crippen molar-refractivity contribution >= 4 is 0 Å². The molecule has 0 saturated heterocycles. The molecule has 0 aliphatic carbocycles. The Bertz CT molecular complexity index is 506. The van der Waals surface area contributed by atoms with Gasteiger partial charge in [-0.25, -0.2) is 0 Å². The summed E-state index contributed by atoms with van der Waals surface area (Å²) in [5.41, 5.74) is 3.39. The van der Waals surface area contributed by atoms with Crippen LogP contribution in [0.1, 0.15) is 0 Å². The van der Waals surface area contributed by atoms with Gasteiger partial charge < -0.3 is 20.4 Å². The van der Waals surface area contributed by atoms with Crippen LogP contribution in [0.15, 0.2) is 99.7 Å². The molecule has 0 atom stereocenters. The van der Waals surface area contributed by atoms with Crippen LogP contribution in [0, 0.1) is 0 Å². The fourth-order valence-corrected chi connectivity index (χ4v) is 2.14. The monoisotopic (exact) mass is 354 g/mol. The van der Waals surface area contributed by atoms with Crippen LogP contribution in [0.5, 0.6) is 0 Å². The molecule has 0 radical (unpaired) electrons. The molecule has 4 nitrogen and oxygen atoms in total. The predicted molar refractivity (Wildman–Crippen MR) is 116 cm³/mol. The van der Waals surface area contributed by atoms with E-state index in [2.05, 4.69) is 73.1 Å². The zero-order valence-electron chi connectivity index (χ0n) is 16.1. The van der Waals surface area contributed by atoms with E-state index in [0.717, 1.165) is 62.1 Å². The van der Waals surface area contributed by atoms with Crippen molar-refractivity contribution in [2.24, 2.45) is 0 Å². The molecule has 0 spiro atoms. The van der Waals surface area contributed by atoms with Gasteiger partial charge >= 0.3 is 0 Å². The minimum Gasteiger partial charge on any atom is -0.384 e. The average Bonchev–Trinajstić information content (AvgIpc) is 2.66. The Kier molecular flexibility index (Phi) is 11.9. The van der Waals surface area contributed by atoms with E-state index in [0.29, 0.717) is 0 Å². The average molecular weight is 355 g/mol. The Morgan fingerprint density at radius 3 is 1.19 bits per heavy atom. The summed E-state index contributed by atoms with van der Waals surface area (Å²) in [6.07, 6.45) is 6.94. The lowest BCUT2D eigenvalue weighted by Crippen LogP contribution is -2.39. The molecular formula is C22H34N4. The Hall–Kier alpha value is -2.88. The fourth-order valence-electron chi connectivity index (χ4n) is 2.14. The van der Waals surface area contributed by atoms with Gasteiger partial charge in [0.25, 0.3) is 0 Å². The second-order valence-corrected chi connectivity index (χ2v) is 5.68. The Balaban J connectivity index is 4.70. The summed E-state index contributed by atoms with van der Waals surface area (Å²) in [7, 11) is 0. The molecule has 0 saturated carbocycles.